The summed E-state index contributed by atoms with van der Waals surface area (Å²) in [6, 6.07) is 8.49. The fourth-order valence-electron chi connectivity index (χ4n) is 2.65. The molecule has 1 aliphatic rings. The van der Waals surface area contributed by atoms with Gasteiger partial charge in [0.1, 0.15) is 0 Å². The molecule has 2 aromatic rings. The van der Waals surface area contributed by atoms with Crippen LogP contribution < -0.4 is 5.32 Å². The number of nitrogens with one attached hydrogen (secondary N) is 1. The van der Waals surface area contributed by atoms with Crippen LogP contribution in [-0.4, -0.2) is 26.8 Å². The third kappa shape index (κ3) is 2.85. The first-order chi connectivity index (χ1) is 11.4. The SMILES string of the molecule is Cc1cc(/C=C2/SC(=O)NC2=O)c(C)n1-c1ccc(C(=O)O)cc1. The minimum atomic E-state index is -0.970. The van der Waals surface area contributed by atoms with Crippen molar-refractivity contribution in [3.8, 4) is 5.69 Å². The second kappa shape index (κ2) is 6.01. The molecular weight excluding hydrogens is 328 g/mol. The normalized spacial score (nSPS) is 15.8. The van der Waals surface area contributed by atoms with Gasteiger partial charge in [0.05, 0.1) is 10.5 Å². The first-order valence-corrected chi connectivity index (χ1v) is 7.96. The summed E-state index contributed by atoms with van der Waals surface area (Å²) in [6.45, 7) is 3.83. The van der Waals surface area contributed by atoms with Gasteiger partial charge >= 0.3 is 5.97 Å². The number of thioether (sulfide) groups is 1. The number of imide groups is 1. The molecule has 0 saturated carbocycles. The van der Waals surface area contributed by atoms with Gasteiger partial charge in [0, 0.05) is 17.1 Å². The van der Waals surface area contributed by atoms with Gasteiger partial charge < -0.3 is 9.67 Å². The van der Waals surface area contributed by atoms with E-state index >= 15 is 0 Å². The number of carboxylic acids is 1. The van der Waals surface area contributed by atoms with E-state index in [1.165, 1.54) is 0 Å². The van der Waals surface area contributed by atoms with Crippen molar-refractivity contribution in [3.05, 3.63) is 57.8 Å². The van der Waals surface area contributed by atoms with Crippen molar-refractivity contribution in [1.29, 1.82) is 0 Å². The van der Waals surface area contributed by atoms with Gasteiger partial charge in [-0.3, -0.25) is 14.9 Å². The maximum Gasteiger partial charge on any atom is 0.335 e. The number of carbonyl (C=O) groups excluding carboxylic acids is 2. The Bertz CT molecular complexity index is 894. The van der Waals surface area contributed by atoms with Crippen molar-refractivity contribution < 1.29 is 19.5 Å². The first kappa shape index (κ1) is 16.1. The fraction of sp³-hybridized carbons (Fsp3) is 0.118. The smallest absolute Gasteiger partial charge is 0.335 e. The molecule has 0 spiro atoms. The molecule has 3 rings (SSSR count). The summed E-state index contributed by atoms with van der Waals surface area (Å²) < 4.78 is 1.97. The lowest BCUT2D eigenvalue weighted by Crippen LogP contribution is -2.17. The number of aromatic nitrogens is 1. The van der Waals surface area contributed by atoms with E-state index in [9.17, 15) is 14.4 Å². The third-order valence-electron chi connectivity index (χ3n) is 3.77. The van der Waals surface area contributed by atoms with Crippen LogP contribution in [0.2, 0.25) is 0 Å². The number of amides is 2. The van der Waals surface area contributed by atoms with Crippen molar-refractivity contribution in [2.24, 2.45) is 0 Å². The number of benzene rings is 1. The van der Waals surface area contributed by atoms with Crippen LogP contribution in [0.25, 0.3) is 11.8 Å². The summed E-state index contributed by atoms with van der Waals surface area (Å²) in [5, 5.41) is 10.8. The van der Waals surface area contributed by atoms with E-state index in [4.69, 9.17) is 5.11 Å². The molecule has 1 fully saturated rings. The van der Waals surface area contributed by atoms with E-state index in [2.05, 4.69) is 5.32 Å². The number of carbonyl (C=O) groups is 3. The zero-order chi connectivity index (χ0) is 17.4. The minimum Gasteiger partial charge on any atom is -0.478 e. The molecule has 0 atom stereocenters. The number of aryl methyl sites for hydroxylation is 1. The summed E-state index contributed by atoms with van der Waals surface area (Å²) in [4.78, 5) is 34.3. The summed E-state index contributed by atoms with van der Waals surface area (Å²) in [7, 11) is 0. The van der Waals surface area contributed by atoms with E-state index < -0.39 is 5.97 Å². The highest BCUT2D eigenvalue weighted by Gasteiger charge is 2.25. The van der Waals surface area contributed by atoms with Crippen molar-refractivity contribution in [1.82, 2.24) is 9.88 Å². The van der Waals surface area contributed by atoms with Gasteiger partial charge in [-0.25, -0.2) is 4.79 Å². The van der Waals surface area contributed by atoms with Gasteiger partial charge in [-0.1, -0.05) is 0 Å². The molecule has 7 heteroatoms. The van der Waals surface area contributed by atoms with Crippen molar-refractivity contribution in [3.63, 3.8) is 0 Å². The Hall–Kier alpha value is -2.80. The number of carboxylic acid groups (broad SMARTS) is 1. The number of aromatic carboxylic acids is 1. The lowest BCUT2D eigenvalue weighted by Gasteiger charge is -2.10. The molecule has 122 valence electrons. The Balaban J connectivity index is 2.01. The van der Waals surface area contributed by atoms with Crippen LogP contribution in [0.1, 0.15) is 27.3 Å². The molecule has 1 aliphatic heterocycles. The van der Waals surface area contributed by atoms with Gasteiger partial charge in [0.25, 0.3) is 11.1 Å². The van der Waals surface area contributed by atoms with Crippen molar-refractivity contribution in [2.75, 3.05) is 0 Å². The number of hydrogen-bond acceptors (Lipinski definition) is 4. The summed E-state index contributed by atoms with van der Waals surface area (Å²) in [6.07, 6.45) is 1.69. The summed E-state index contributed by atoms with van der Waals surface area (Å²) in [5.41, 5.74) is 3.73. The van der Waals surface area contributed by atoms with E-state index in [1.807, 2.05) is 24.5 Å². The Kier molecular flexibility index (Phi) is 4.02. The van der Waals surface area contributed by atoms with Gasteiger partial charge in [-0.2, -0.15) is 0 Å². The highest BCUT2D eigenvalue weighted by Crippen LogP contribution is 2.29. The topological polar surface area (TPSA) is 88.4 Å². The third-order valence-corrected chi connectivity index (χ3v) is 4.58. The maximum atomic E-state index is 11.7. The molecule has 1 aromatic carbocycles. The monoisotopic (exact) mass is 342 g/mol. The lowest BCUT2D eigenvalue weighted by atomic mass is 10.2. The average Bonchev–Trinajstić information content (AvgIpc) is 2.98. The predicted octanol–water partition coefficient (Wildman–Crippen LogP) is 3.12. The molecule has 2 N–H and O–H groups in total. The van der Waals surface area contributed by atoms with E-state index in [-0.39, 0.29) is 16.7 Å². The second-order valence-corrected chi connectivity index (χ2v) is 6.38. The summed E-state index contributed by atoms with van der Waals surface area (Å²) >= 11 is 0.880. The van der Waals surface area contributed by atoms with Gasteiger partial charge in [0.15, 0.2) is 0 Å². The van der Waals surface area contributed by atoms with Crippen LogP contribution in [0.3, 0.4) is 0 Å². The van der Waals surface area contributed by atoms with Crippen LogP contribution in [-0.2, 0) is 4.79 Å². The molecule has 0 aliphatic carbocycles. The number of nitrogens with zero attached hydrogens (tertiary/aromatic N) is 1. The van der Waals surface area contributed by atoms with E-state index in [1.54, 1.807) is 30.3 Å². The Morgan fingerprint density at radius 1 is 1.21 bits per heavy atom. The van der Waals surface area contributed by atoms with Crippen molar-refractivity contribution >= 4 is 35.0 Å². The van der Waals surface area contributed by atoms with Gasteiger partial charge in [0.2, 0.25) is 0 Å². The van der Waals surface area contributed by atoms with Crippen molar-refractivity contribution in [2.45, 2.75) is 13.8 Å². The largest absolute Gasteiger partial charge is 0.478 e. The highest BCUT2D eigenvalue weighted by atomic mass is 32.2. The molecule has 1 aromatic heterocycles. The summed E-state index contributed by atoms with van der Waals surface area (Å²) in [5.74, 6) is -1.36. The molecule has 2 amide bonds. The Morgan fingerprint density at radius 2 is 1.88 bits per heavy atom. The fourth-order valence-corrected chi connectivity index (χ4v) is 3.32. The Morgan fingerprint density at radius 3 is 2.42 bits per heavy atom. The molecule has 2 heterocycles. The second-order valence-electron chi connectivity index (χ2n) is 5.37. The van der Waals surface area contributed by atoms with Crippen LogP contribution in [0, 0.1) is 13.8 Å². The predicted molar refractivity (Wildman–Crippen MR) is 91.3 cm³/mol. The zero-order valence-electron chi connectivity index (χ0n) is 13.0. The molecular formula is C17H14N2O4S. The molecule has 24 heavy (non-hydrogen) atoms. The zero-order valence-corrected chi connectivity index (χ0v) is 13.8. The Labute approximate surface area is 142 Å². The first-order valence-electron chi connectivity index (χ1n) is 7.14. The van der Waals surface area contributed by atoms with Gasteiger partial charge in [-0.05, 0) is 67.6 Å². The maximum absolute atomic E-state index is 11.7. The van der Waals surface area contributed by atoms with E-state index in [0.29, 0.717) is 4.91 Å². The molecule has 6 nitrogen and oxygen atoms in total. The molecule has 1 saturated heterocycles. The van der Waals surface area contributed by atoms with Crippen LogP contribution >= 0.6 is 11.8 Å². The molecule has 0 unspecified atom stereocenters. The van der Waals surface area contributed by atoms with Crippen LogP contribution in [0.15, 0.2) is 35.2 Å². The van der Waals surface area contributed by atoms with Gasteiger partial charge in [-0.15, -0.1) is 0 Å². The molecule has 0 bridgehead atoms. The highest BCUT2D eigenvalue weighted by molar-refractivity contribution is 8.18. The average molecular weight is 342 g/mol. The standard InChI is InChI=1S/C17H14N2O4S/c1-9-7-12(8-14-15(20)18-17(23)24-14)10(2)19(9)13-5-3-11(4-6-13)16(21)22/h3-8H,1-2H3,(H,21,22)(H,18,20,23)/b14-8+. The van der Waals surface area contributed by atoms with Crippen LogP contribution in [0.5, 0.6) is 0 Å². The minimum absolute atomic E-state index is 0.223. The van der Waals surface area contributed by atoms with E-state index in [0.717, 1.165) is 34.4 Å². The molecule has 0 radical (unpaired) electrons. The quantitative estimate of drug-likeness (QED) is 0.837. The lowest BCUT2D eigenvalue weighted by molar-refractivity contribution is -0.115. The number of rotatable bonds is 3. The van der Waals surface area contributed by atoms with Crippen LogP contribution in [0.4, 0.5) is 4.79 Å². The number of hydrogen-bond donors (Lipinski definition) is 2.